The second-order valence-electron chi connectivity index (χ2n) is 5.51. The molecule has 0 aliphatic rings. The van der Waals surface area contributed by atoms with Gasteiger partial charge < -0.3 is 14.8 Å². The minimum absolute atomic E-state index is 0.685. The molecule has 0 fully saturated rings. The van der Waals surface area contributed by atoms with Crippen molar-refractivity contribution >= 4 is 0 Å². The highest BCUT2D eigenvalue weighted by molar-refractivity contribution is 5.15. The summed E-state index contributed by atoms with van der Waals surface area (Å²) < 4.78 is 10.5. The van der Waals surface area contributed by atoms with Gasteiger partial charge in [-0.05, 0) is 50.3 Å². The molecule has 1 N–H and O–H groups in total. The van der Waals surface area contributed by atoms with E-state index in [0.29, 0.717) is 19.1 Å². The molecule has 0 spiro atoms. The average Bonchev–Trinajstić information content (AvgIpc) is 2.51. The lowest BCUT2D eigenvalue weighted by Gasteiger charge is -2.18. The lowest BCUT2D eigenvalue weighted by molar-refractivity contribution is 0.0672. The molecule has 1 aromatic rings. The number of benzene rings is 1. The Morgan fingerprint density at radius 1 is 1.10 bits per heavy atom. The molecule has 21 heavy (non-hydrogen) atoms. The van der Waals surface area contributed by atoms with E-state index in [1.54, 1.807) is 7.11 Å². The lowest BCUT2D eigenvalue weighted by Crippen LogP contribution is -2.25. The zero-order valence-electron chi connectivity index (χ0n) is 13.6. The summed E-state index contributed by atoms with van der Waals surface area (Å²) in [6.07, 6.45) is 4.67. The Morgan fingerprint density at radius 2 is 1.90 bits per heavy atom. The highest BCUT2D eigenvalue weighted by atomic mass is 16.5. The molecule has 0 saturated carbocycles. The summed E-state index contributed by atoms with van der Waals surface area (Å²) in [7, 11) is 1.71. The second kappa shape index (κ2) is 12.8. The Labute approximate surface area is 130 Å². The van der Waals surface area contributed by atoms with Crippen LogP contribution >= 0.6 is 0 Å². The van der Waals surface area contributed by atoms with Crippen molar-refractivity contribution in [2.24, 2.45) is 5.92 Å². The third kappa shape index (κ3) is 9.62. The van der Waals surface area contributed by atoms with Crippen LogP contribution in [0.5, 0.6) is 0 Å². The van der Waals surface area contributed by atoms with E-state index in [9.17, 15) is 0 Å². The third-order valence-corrected chi connectivity index (χ3v) is 3.56. The first kappa shape index (κ1) is 18.1. The average molecular weight is 293 g/mol. The minimum Gasteiger partial charge on any atom is -0.382 e. The van der Waals surface area contributed by atoms with Crippen LogP contribution in [-0.2, 0) is 15.9 Å². The van der Waals surface area contributed by atoms with Crippen molar-refractivity contribution in [2.75, 3.05) is 40.0 Å². The van der Waals surface area contributed by atoms with E-state index in [4.69, 9.17) is 9.47 Å². The van der Waals surface area contributed by atoms with Gasteiger partial charge in [0.2, 0.25) is 0 Å². The molecule has 1 unspecified atom stereocenters. The zero-order chi connectivity index (χ0) is 15.2. The Morgan fingerprint density at radius 3 is 2.62 bits per heavy atom. The molecule has 3 nitrogen and oxygen atoms in total. The number of ether oxygens (including phenoxy) is 2. The summed E-state index contributed by atoms with van der Waals surface area (Å²) >= 11 is 0. The number of nitrogens with one attached hydrogen (secondary N) is 1. The van der Waals surface area contributed by atoms with Crippen LogP contribution in [0.2, 0.25) is 0 Å². The first-order valence-electron chi connectivity index (χ1n) is 8.18. The van der Waals surface area contributed by atoms with E-state index in [1.165, 1.54) is 18.4 Å². The van der Waals surface area contributed by atoms with Crippen molar-refractivity contribution in [3.8, 4) is 0 Å². The fourth-order valence-corrected chi connectivity index (χ4v) is 2.43. The molecule has 120 valence electrons. The molecule has 0 bridgehead atoms. The Balaban J connectivity index is 2.27. The van der Waals surface area contributed by atoms with E-state index >= 15 is 0 Å². The highest BCUT2D eigenvalue weighted by Crippen LogP contribution is 2.14. The maximum absolute atomic E-state index is 5.55. The van der Waals surface area contributed by atoms with E-state index in [2.05, 4.69) is 42.6 Å². The van der Waals surface area contributed by atoms with Crippen molar-refractivity contribution in [1.82, 2.24) is 5.32 Å². The first-order valence-corrected chi connectivity index (χ1v) is 8.18. The van der Waals surface area contributed by atoms with Crippen LogP contribution in [-0.4, -0.2) is 40.0 Å². The molecule has 3 heteroatoms. The molecule has 0 heterocycles. The summed E-state index contributed by atoms with van der Waals surface area (Å²) in [5.41, 5.74) is 1.43. The fraction of sp³-hybridized carbons (Fsp3) is 0.667. The molecule has 1 atom stereocenters. The number of hydrogen-bond acceptors (Lipinski definition) is 3. The smallest absolute Gasteiger partial charge is 0.0700 e. The molecular weight excluding hydrogens is 262 g/mol. The van der Waals surface area contributed by atoms with E-state index in [-0.39, 0.29) is 0 Å². The Kier molecular flexibility index (Phi) is 11.1. The third-order valence-electron chi connectivity index (χ3n) is 3.56. The zero-order valence-corrected chi connectivity index (χ0v) is 13.6. The molecule has 0 aliphatic heterocycles. The maximum atomic E-state index is 5.55. The van der Waals surface area contributed by atoms with Gasteiger partial charge in [0.15, 0.2) is 0 Å². The predicted octanol–water partition coefficient (Wildman–Crippen LogP) is 3.29. The SMILES string of the molecule is CCCNCC(CCCOCCOC)Cc1ccccc1. The van der Waals surface area contributed by atoms with Crippen molar-refractivity contribution in [2.45, 2.75) is 32.6 Å². The summed E-state index contributed by atoms with van der Waals surface area (Å²) in [5.74, 6) is 0.685. The van der Waals surface area contributed by atoms with Crippen molar-refractivity contribution in [1.29, 1.82) is 0 Å². The minimum atomic E-state index is 0.685. The van der Waals surface area contributed by atoms with Gasteiger partial charge in [-0.15, -0.1) is 0 Å². The fourth-order valence-electron chi connectivity index (χ4n) is 2.43. The topological polar surface area (TPSA) is 30.5 Å². The molecule has 1 rings (SSSR count). The van der Waals surface area contributed by atoms with Gasteiger partial charge in [-0.25, -0.2) is 0 Å². The van der Waals surface area contributed by atoms with Gasteiger partial charge in [-0.3, -0.25) is 0 Å². The van der Waals surface area contributed by atoms with E-state index < -0.39 is 0 Å². The largest absolute Gasteiger partial charge is 0.382 e. The normalized spacial score (nSPS) is 12.5. The molecule has 0 saturated heterocycles. The summed E-state index contributed by atoms with van der Waals surface area (Å²) in [6, 6.07) is 10.8. The van der Waals surface area contributed by atoms with Crippen molar-refractivity contribution < 1.29 is 9.47 Å². The number of methoxy groups -OCH3 is 1. The highest BCUT2D eigenvalue weighted by Gasteiger charge is 2.09. The number of rotatable bonds is 13. The van der Waals surface area contributed by atoms with Gasteiger partial charge in [0.05, 0.1) is 13.2 Å². The molecule has 0 aromatic heterocycles. The molecule has 1 aromatic carbocycles. The van der Waals surface area contributed by atoms with Crippen molar-refractivity contribution in [3.63, 3.8) is 0 Å². The van der Waals surface area contributed by atoms with Gasteiger partial charge in [-0.1, -0.05) is 37.3 Å². The van der Waals surface area contributed by atoms with Crippen molar-refractivity contribution in [3.05, 3.63) is 35.9 Å². The standard InChI is InChI=1S/C18H31NO2/c1-3-11-19-16-18(10-7-12-21-14-13-20-2)15-17-8-5-4-6-9-17/h4-6,8-9,18-19H,3,7,10-16H2,1-2H3. The summed E-state index contributed by atoms with van der Waals surface area (Å²) in [6.45, 7) is 6.64. The Bertz CT molecular complexity index is 329. The molecule has 0 radical (unpaired) electrons. The van der Waals surface area contributed by atoms with Gasteiger partial charge >= 0.3 is 0 Å². The van der Waals surface area contributed by atoms with Crippen LogP contribution in [0.1, 0.15) is 31.7 Å². The molecule has 0 aliphatic carbocycles. The molecular formula is C18H31NO2. The van der Waals surface area contributed by atoms with E-state index in [0.717, 1.165) is 32.5 Å². The first-order chi connectivity index (χ1) is 10.4. The molecule has 0 amide bonds. The van der Waals surface area contributed by atoms with Gasteiger partial charge in [0.25, 0.3) is 0 Å². The quantitative estimate of drug-likeness (QED) is 0.566. The lowest BCUT2D eigenvalue weighted by atomic mass is 9.95. The number of hydrogen-bond donors (Lipinski definition) is 1. The van der Waals surface area contributed by atoms with Crippen LogP contribution in [0, 0.1) is 5.92 Å². The van der Waals surface area contributed by atoms with Gasteiger partial charge in [0.1, 0.15) is 0 Å². The van der Waals surface area contributed by atoms with Gasteiger partial charge in [-0.2, -0.15) is 0 Å². The van der Waals surface area contributed by atoms with Gasteiger partial charge in [0, 0.05) is 13.7 Å². The van der Waals surface area contributed by atoms with E-state index in [1.807, 2.05) is 0 Å². The monoisotopic (exact) mass is 293 g/mol. The van der Waals surface area contributed by atoms with Crippen LogP contribution in [0.4, 0.5) is 0 Å². The maximum Gasteiger partial charge on any atom is 0.0700 e. The predicted molar refractivity (Wildman–Crippen MR) is 88.7 cm³/mol. The van der Waals surface area contributed by atoms with Crippen LogP contribution < -0.4 is 5.32 Å². The second-order valence-corrected chi connectivity index (χ2v) is 5.51. The van der Waals surface area contributed by atoms with Crippen LogP contribution in [0.15, 0.2) is 30.3 Å². The van der Waals surface area contributed by atoms with Crippen LogP contribution in [0.25, 0.3) is 0 Å². The van der Waals surface area contributed by atoms with Crippen LogP contribution in [0.3, 0.4) is 0 Å². The summed E-state index contributed by atoms with van der Waals surface area (Å²) in [4.78, 5) is 0. The summed E-state index contributed by atoms with van der Waals surface area (Å²) in [5, 5.41) is 3.56. The Hall–Kier alpha value is -0.900.